The molecule has 0 fully saturated rings. The monoisotopic (exact) mass is 421 g/mol. The van der Waals surface area contributed by atoms with Crippen LogP contribution in [0, 0.1) is 0 Å². The Bertz CT molecular complexity index is 1060. The van der Waals surface area contributed by atoms with E-state index in [9.17, 15) is 22.8 Å². The highest BCUT2D eigenvalue weighted by Gasteiger charge is 2.38. The van der Waals surface area contributed by atoms with Gasteiger partial charge in [0.05, 0.1) is 18.1 Å². The fraction of sp³-hybridized carbons (Fsp3) is 0.250. The van der Waals surface area contributed by atoms with Crippen molar-refractivity contribution in [3.05, 3.63) is 59.9 Å². The second-order valence-corrected chi connectivity index (χ2v) is 6.30. The van der Waals surface area contributed by atoms with Crippen molar-refractivity contribution < 1.29 is 32.2 Å². The summed E-state index contributed by atoms with van der Waals surface area (Å²) in [5, 5.41) is 2.56. The van der Waals surface area contributed by atoms with E-state index in [1.54, 1.807) is 30.3 Å². The van der Waals surface area contributed by atoms with Crippen LogP contribution in [-0.2, 0) is 33.6 Å². The topological polar surface area (TPSA) is 82.5 Å². The molecule has 1 heterocycles. The number of hydrogen-bond acceptors (Lipinski definition) is 5. The molecule has 0 saturated carbocycles. The quantitative estimate of drug-likeness (QED) is 0.594. The molecule has 1 amide bonds. The van der Waals surface area contributed by atoms with Gasteiger partial charge in [0, 0.05) is 6.54 Å². The molecule has 158 valence electrons. The van der Waals surface area contributed by atoms with Crippen molar-refractivity contribution in [1.29, 1.82) is 0 Å². The van der Waals surface area contributed by atoms with E-state index in [0.717, 1.165) is 10.1 Å². The number of halogens is 3. The molecule has 0 aliphatic carbocycles. The number of benzene rings is 2. The van der Waals surface area contributed by atoms with Crippen LogP contribution in [0.4, 0.5) is 13.2 Å². The van der Waals surface area contributed by atoms with Gasteiger partial charge in [0.25, 0.3) is 5.91 Å². The van der Waals surface area contributed by atoms with E-state index in [0.29, 0.717) is 5.75 Å². The molecule has 2 aromatic carbocycles. The summed E-state index contributed by atoms with van der Waals surface area (Å²) in [6, 6.07) is 12.9. The predicted octanol–water partition coefficient (Wildman–Crippen LogP) is 2.92. The first kappa shape index (κ1) is 21.2. The summed E-state index contributed by atoms with van der Waals surface area (Å²) >= 11 is 0. The summed E-state index contributed by atoms with van der Waals surface area (Å²) in [7, 11) is 1.52. The lowest BCUT2D eigenvalue weighted by atomic mass is 10.2. The smallest absolute Gasteiger partial charge is 0.449 e. The number of nitrogens with zero attached hydrogens (tertiary/aromatic N) is 2. The maximum atomic E-state index is 13.3. The van der Waals surface area contributed by atoms with Gasteiger partial charge >= 0.3 is 12.1 Å². The van der Waals surface area contributed by atoms with E-state index >= 15 is 0 Å². The summed E-state index contributed by atoms with van der Waals surface area (Å²) < 4.78 is 50.4. The van der Waals surface area contributed by atoms with E-state index < -0.39 is 37.0 Å². The van der Waals surface area contributed by atoms with Crippen molar-refractivity contribution in [1.82, 2.24) is 14.9 Å². The summed E-state index contributed by atoms with van der Waals surface area (Å²) in [5.74, 6) is -2.15. The summed E-state index contributed by atoms with van der Waals surface area (Å²) in [6.45, 7) is -1.16. The van der Waals surface area contributed by atoms with Crippen molar-refractivity contribution in [2.45, 2.75) is 19.3 Å². The molecule has 0 spiro atoms. The van der Waals surface area contributed by atoms with Gasteiger partial charge in [-0.15, -0.1) is 0 Å². The molecule has 0 aliphatic rings. The zero-order valence-electron chi connectivity index (χ0n) is 15.9. The summed E-state index contributed by atoms with van der Waals surface area (Å²) in [4.78, 5) is 27.5. The largest absolute Gasteiger partial charge is 0.497 e. The lowest BCUT2D eigenvalue weighted by Crippen LogP contribution is -2.29. The first-order chi connectivity index (χ1) is 14.3. The molecule has 7 nitrogen and oxygen atoms in total. The number of aromatic nitrogens is 2. The Morgan fingerprint density at radius 2 is 1.90 bits per heavy atom. The third-order valence-electron chi connectivity index (χ3n) is 4.18. The SMILES string of the molecule is COc1cccc(CNC(=O)COC(=O)Cn2c(C(F)(F)F)nc3ccccc32)c1. The van der Waals surface area contributed by atoms with Gasteiger partial charge in [-0.2, -0.15) is 13.2 Å². The molecule has 3 rings (SSSR count). The number of alkyl halides is 3. The predicted molar refractivity (Wildman–Crippen MR) is 101 cm³/mol. The van der Waals surface area contributed by atoms with Crippen LogP contribution < -0.4 is 10.1 Å². The molecule has 0 saturated heterocycles. The van der Waals surface area contributed by atoms with Crippen LogP contribution in [0.3, 0.4) is 0 Å². The molecule has 1 aromatic heterocycles. The third kappa shape index (κ3) is 5.07. The highest BCUT2D eigenvalue weighted by atomic mass is 19.4. The summed E-state index contributed by atoms with van der Waals surface area (Å²) in [6.07, 6.45) is -4.74. The molecule has 0 unspecified atom stereocenters. The normalized spacial score (nSPS) is 11.3. The van der Waals surface area contributed by atoms with Crippen LogP contribution in [0.5, 0.6) is 5.75 Å². The number of fused-ring (bicyclic) bond motifs is 1. The molecule has 0 aliphatic heterocycles. The number of carbonyl (C=O) groups is 2. The Balaban J connectivity index is 1.59. The average Bonchev–Trinajstić information content (AvgIpc) is 3.10. The van der Waals surface area contributed by atoms with E-state index in [4.69, 9.17) is 9.47 Å². The number of esters is 1. The highest BCUT2D eigenvalue weighted by molar-refractivity contribution is 5.82. The van der Waals surface area contributed by atoms with Gasteiger partial charge in [0.15, 0.2) is 6.61 Å². The molecule has 0 radical (unpaired) electrons. The van der Waals surface area contributed by atoms with Crippen LogP contribution in [0.25, 0.3) is 11.0 Å². The minimum absolute atomic E-state index is 0.105. The van der Waals surface area contributed by atoms with E-state index in [2.05, 4.69) is 10.3 Å². The molecule has 30 heavy (non-hydrogen) atoms. The highest BCUT2D eigenvalue weighted by Crippen LogP contribution is 2.31. The zero-order valence-corrected chi connectivity index (χ0v) is 15.9. The molecule has 10 heteroatoms. The number of ether oxygens (including phenoxy) is 2. The van der Waals surface area contributed by atoms with Crippen LogP contribution >= 0.6 is 0 Å². The van der Waals surface area contributed by atoms with E-state index in [1.807, 2.05) is 0 Å². The van der Waals surface area contributed by atoms with E-state index in [1.165, 1.54) is 25.3 Å². The number of nitrogens with one attached hydrogen (secondary N) is 1. The molecule has 3 aromatic rings. The van der Waals surface area contributed by atoms with Gasteiger partial charge in [-0.05, 0) is 29.8 Å². The molecule has 0 bridgehead atoms. The van der Waals surface area contributed by atoms with Crippen LogP contribution in [0.2, 0.25) is 0 Å². The molecule has 1 N–H and O–H groups in total. The van der Waals surface area contributed by atoms with Crippen LogP contribution in [0.15, 0.2) is 48.5 Å². The number of hydrogen-bond donors (Lipinski definition) is 1. The number of methoxy groups -OCH3 is 1. The fourth-order valence-corrected chi connectivity index (χ4v) is 2.81. The maximum absolute atomic E-state index is 13.3. The summed E-state index contributed by atoms with van der Waals surface area (Å²) in [5.41, 5.74) is 1.02. The Morgan fingerprint density at radius 3 is 2.63 bits per heavy atom. The minimum atomic E-state index is -4.74. The van der Waals surface area contributed by atoms with Gasteiger partial charge in [-0.25, -0.2) is 4.98 Å². The van der Waals surface area contributed by atoms with Gasteiger partial charge in [0.2, 0.25) is 5.82 Å². The second kappa shape index (κ2) is 8.85. The zero-order chi connectivity index (χ0) is 21.7. The van der Waals surface area contributed by atoms with Crippen molar-refractivity contribution in [3.63, 3.8) is 0 Å². The van der Waals surface area contributed by atoms with Gasteiger partial charge in [-0.3, -0.25) is 9.59 Å². The number of para-hydroxylation sites is 2. The van der Waals surface area contributed by atoms with Gasteiger partial charge in [0.1, 0.15) is 12.3 Å². The first-order valence-electron chi connectivity index (χ1n) is 8.85. The number of rotatable bonds is 7. The number of amides is 1. The Labute approximate surface area is 169 Å². The standard InChI is InChI=1S/C20H18F3N3O4/c1-29-14-6-4-5-13(9-14)10-24-17(27)12-30-18(28)11-26-16-8-3-2-7-15(16)25-19(26)20(21,22)23/h2-9H,10-12H2,1H3,(H,24,27). The van der Waals surface area contributed by atoms with E-state index in [-0.39, 0.29) is 17.6 Å². The Morgan fingerprint density at radius 1 is 1.13 bits per heavy atom. The third-order valence-corrected chi connectivity index (χ3v) is 4.18. The molecule has 0 atom stereocenters. The lowest BCUT2D eigenvalue weighted by Gasteiger charge is -2.11. The Hall–Kier alpha value is -3.56. The minimum Gasteiger partial charge on any atom is -0.497 e. The molecular formula is C20H18F3N3O4. The van der Waals surface area contributed by atoms with Crippen molar-refractivity contribution in [2.24, 2.45) is 0 Å². The Kier molecular flexibility index (Phi) is 6.24. The number of imidazole rings is 1. The van der Waals surface area contributed by atoms with Gasteiger partial charge < -0.3 is 19.4 Å². The van der Waals surface area contributed by atoms with Crippen LogP contribution in [-0.4, -0.2) is 35.1 Å². The lowest BCUT2D eigenvalue weighted by molar-refractivity contribution is -0.153. The molecular weight excluding hydrogens is 403 g/mol. The first-order valence-corrected chi connectivity index (χ1v) is 8.85. The van der Waals surface area contributed by atoms with Crippen molar-refractivity contribution >= 4 is 22.9 Å². The fourth-order valence-electron chi connectivity index (χ4n) is 2.81. The maximum Gasteiger partial charge on any atom is 0.449 e. The number of carbonyl (C=O) groups excluding carboxylic acids is 2. The van der Waals surface area contributed by atoms with Crippen molar-refractivity contribution in [2.75, 3.05) is 13.7 Å². The van der Waals surface area contributed by atoms with Crippen molar-refractivity contribution in [3.8, 4) is 5.75 Å². The second-order valence-electron chi connectivity index (χ2n) is 6.30. The average molecular weight is 421 g/mol. The van der Waals surface area contributed by atoms with Gasteiger partial charge in [-0.1, -0.05) is 24.3 Å². The van der Waals surface area contributed by atoms with Crippen LogP contribution in [0.1, 0.15) is 11.4 Å².